The molecule has 0 bridgehead atoms. The maximum absolute atomic E-state index is 7.53. The Morgan fingerprint density at radius 2 is 2.40 bits per heavy atom. The maximum Gasteiger partial charge on any atom is 0.0960 e. The van der Waals surface area contributed by atoms with Gasteiger partial charge in [0.15, 0.2) is 0 Å². The van der Waals surface area contributed by atoms with Crippen molar-refractivity contribution < 1.29 is 0 Å². The quantitative estimate of drug-likeness (QED) is 0.577. The highest BCUT2D eigenvalue weighted by molar-refractivity contribution is 5.79. The van der Waals surface area contributed by atoms with Crippen LogP contribution in [-0.4, -0.2) is 23.8 Å². The Balaban J connectivity index is 2.39. The largest absolute Gasteiger partial charge is 0.357 e. The van der Waals surface area contributed by atoms with Gasteiger partial charge in [0.2, 0.25) is 0 Å². The highest BCUT2D eigenvalue weighted by Crippen LogP contribution is 2.09. The zero-order valence-corrected chi connectivity index (χ0v) is 6.27. The van der Waals surface area contributed by atoms with E-state index in [1.165, 1.54) is 12.8 Å². The van der Waals surface area contributed by atoms with Crippen molar-refractivity contribution in [2.45, 2.75) is 19.3 Å². The van der Waals surface area contributed by atoms with E-state index < -0.39 is 0 Å². The first-order valence-corrected chi connectivity index (χ1v) is 3.78. The lowest BCUT2D eigenvalue weighted by Crippen LogP contribution is -2.34. The fourth-order valence-electron chi connectivity index (χ4n) is 1.25. The van der Waals surface area contributed by atoms with Gasteiger partial charge in [0.05, 0.1) is 5.84 Å². The van der Waals surface area contributed by atoms with E-state index in [0.29, 0.717) is 0 Å². The minimum Gasteiger partial charge on any atom is -0.357 e. The van der Waals surface area contributed by atoms with Crippen molar-refractivity contribution in [3.8, 4) is 0 Å². The van der Waals surface area contributed by atoms with E-state index in [1.54, 1.807) is 0 Å². The Bertz CT molecular complexity index is 140. The molecule has 56 valence electrons. The first-order chi connectivity index (χ1) is 4.84. The molecule has 0 spiro atoms. The molecule has 1 heterocycles. The number of nitrogens with one attached hydrogen (secondary N) is 1. The van der Waals surface area contributed by atoms with Crippen LogP contribution in [0.3, 0.4) is 0 Å². The van der Waals surface area contributed by atoms with Crippen molar-refractivity contribution in [1.29, 1.82) is 5.41 Å². The number of rotatable bonds is 2. The summed E-state index contributed by atoms with van der Waals surface area (Å²) in [6.07, 6.45) is 5.23. The van der Waals surface area contributed by atoms with Crippen LogP contribution in [0.1, 0.15) is 19.3 Å². The molecule has 0 saturated carbocycles. The van der Waals surface area contributed by atoms with E-state index in [4.69, 9.17) is 5.41 Å². The number of hydrogen-bond donors (Lipinski definition) is 1. The Morgan fingerprint density at radius 1 is 1.60 bits per heavy atom. The lowest BCUT2D eigenvalue weighted by atomic mass is 10.1. The molecule has 0 amide bonds. The van der Waals surface area contributed by atoms with Crippen LogP contribution in [0, 0.1) is 5.41 Å². The van der Waals surface area contributed by atoms with Crippen molar-refractivity contribution >= 4 is 5.84 Å². The molecule has 0 aliphatic carbocycles. The molecule has 10 heavy (non-hydrogen) atoms. The van der Waals surface area contributed by atoms with Crippen molar-refractivity contribution in [1.82, 2.24) is 4.90 Å². The zero-order chi connectivity index (χ0) is 7.40. The molecular formula is C8H14N2. The molecule has 1 aliphatic rings. The fraction of sp³-hybridized carbons (Fsp3) is 0.625. The molecule has 0 aromatic rings. The highest BCUT2D eigenvalue weighted by atomic mass is 15.2. The molecule has 1 saturated heterocycles. The molecular weight excluding hydrogens is 124 g/mol. The molecule has 2 nitrogen and oxygen atoms in total. The van der Waals surface area contributed by atoms with E-state index in [2.05, 4.69) is 11.5 Å². The molecule has 0 aromatic heterocycles. The number of piperidine rings is 1. The summed E-state index contributed by atoms with van der Waals surface area (Å²) in [5.41, 5.74) is 0. The lowest BCUT2D eigenvalue weighted by Gasteiger charge is -2.27. The van der Waals surface area contributed by atoms with Gasteiger partial charge in [0.25, 0.3) is 0 Å². The number of nitrogens with zero attached hydrogens (tertiary/aromatic N) is 1. The smallest absolute Gasteiger partial charge is 0.0960 e. The molecule has 0 atom stereocenters. The summed E-state index contributed by atoms with van der Waals surface area (Å²) in [5.74, 6) is 0.783. The van der Waals surface area contributed by atoms with Crippen LogP contribution in [0.5, 0.6) is 0 Å². The Labute approximate surface area is 62.0 Å². The summed E-state index contributed by atoms with van der Waals surface area (Å²) in [5, 5.41) is 7.53. The lowest BCUT2D eigenvalue weighted by molar-refractivity contribution is 0.399. The third-order valence-electron chi connectivity index (χ3n) is 1.82. The highest BCUT2D eigenvalue weighted by Gasteiger charge is 2.11. The van der Waals surface area contributed by atoms with E-state index in [9.17, 15) is 0 Å². The summed E-state index contributed by atoms with van der Waals surface area (Å²) in [6, 6.07) is 0. The SMILES string of the molecule is C=CCN1CCCCC1=N. The van der Waals surface area contributed by atoms with Crippen molar-refractivity contribution in [3.05, 3.63) is 12.7 Å². The molecule has 1 N–H and O–H groups in total. The molecule has 0 aromatic carbocycles. The van der Waals surface area contributed by atoms with Gasteiger partial charge in [-0.15, -0.1) is 6.58 Å². The minimum atomic E-state index is 0.783. The van der Waals surface area contributed by atoms with E-state index in [1.807, 2.05) is 6.08 Å². The number of amidine groups is 1. The van der Waals surface area contributed by atoms with Gasteiger partial charge < -0.3 is 4.90 Å². The Kier molecular flexibility index (Phi) is 2.49. The zero-order valence-electron chi connectivity index (χ0n) is 6.27. The summed E-state index contributed by atoms with van der Waals surface area (Å²) in [6.45, 7) is 5.54. The minimum absolute atomic E-state index is 0.783. The third-order valence-corrected chi connectivity index (χ3v) is 1.82. The van der Waals surface area contributed by atoms with E-state index >= 15 is 0 Å². The van der Waals surface area contributed by atoms with Crippen molar-refractivity contribution in [3.63, 3.8) is 0 Å². The van der Waals surface area contributed by atoms with Gasteiger partial charge in [-0.1, -0.05) is 6.08 Å². The average Bonchev–Trinajstić information content (AvgIpc) is 1.94. The van der Waals surface area contributed by atoms with Gasteiger partial charge in [0, 0.05) is 19.5 Å². The first-order valence-electron chi connectivity index (χ1n) is 3.78. The predicted octanol–water partition coefficient (Wildman–Crippen LogP) is 1.64. The van der Waals surface area contributed by atoms with Crippen molar-refractivity contribution in [2.24, 2.45) is 0 Å². The summed E-state index contributed by atoms with van der Waals surface area (Å²) in [7, 11) is 0. The number of likely N-dealkylation sites (tertiary alicyclic amines) is 1. The van der Waals surface area contributed by atoms with Crippen LogP contribution in [-0.2, 0) is 0 Å². The van der Waals surface area contributed by atoms with E-state index in [-0.39, 0.29) is 0 Å². The van der Waals surface area contributed by atoms with Crippen LogP contribution >= 0.6 is 0 Å². The normalized spacial score (nSPS) is 19.2. The second kappa shape index (κ2) is 3.40. The maximum atomic E-state index is 7.53. The topological polar surface area (TPSA) is 27.1 Å². The molecule has 0 unspecified atom stereocenters. The molecule has 2 heteroatoms. The van der Waals surface area contributed by atoms with Crippen LogP contribution in [0.4, 0.5) is 0 Å². The van der Waals surface area contributed by atoms with E-state index in [0.717, 1.165) is 25.3 Å². The average molecular weight is 138 g/mol. The fourth-order valence-corrected chi connectivity index (χ4v) is 1.25. The van der Waals surface area contributed by atoms with Gasteiger partial charge in [-0.25, -0.2) is 0 Å². The molecule has 1 rings (SSSR count). The Morgan fingerprint density at radius 3 is 3.00 bits per heavy atom. The van der Waals surface area contributed by atoms with Crippen LogP contribution in [0.15, 0.2) is 12.7 Å². The van der Waals surface area contributed by atoms with Crippen LogP contribution in [0.25, 0.3) is 0 Å². The molecule has 1 aliphatic heterocycles. The summed E-state index contributed by atoms with van der Waals surface area (Å²) >= 11 is 0. The predicted molar refractivity (Wildman–Crippen MR) is 43.3 cm³/mol. The van der Waals surface area contributed by atoms with Gasteiger partial charge in [0.1, 0.15) is 0 Å². The standard InChI is InChI=1S/C8H14N2/c1-2-6-10-7-4-3-5-8(10)9/h2,9H,1,3-7H2. The van der Waals surface area contributed by atoms with Gasteiger partial charge in [-0.2, -0.15) is 0 Å². The van der Waals surface area contributed by atoms with Gasteiger partial charge >= 0.3 is 0 Å². The third kappa shape index (κ3) is 1.59. The molecule has 0 radical (unpaired) electrons. The first kappa shape index (κ1) is 7.32. The molecule has 1 fully saturated rings. The van der Waals surface area contributed by atoms with Crippen LogP contribution in [0.2, 0.25) is 0 Å². The van der Waals surface area contributed by atoms with Gasteiger partial charge in [-0.3, -0.25) is 5.41 Å². The van der Waals surface area contributed by atoms with Gasteiger partial charge in [-0.05, 0) is 12.8 Å². The number of hydrogen-bond acceptors (Lipinski definition) is 1. The monoisotopic (exact) mass is 138 g/mol. The summed E-state index contributed by atoms with van der Waals surface area (Å²) in [4.78, 5) is 2.08. The second-order valence-electron chi connectivity index (χ2n) is 2.64. The summed E-state index contributed by atoms with van der Waals surface area (Å²) < 4.78 is 0. The van der Waals surface area contributed by atoms with Crippen molar-refractivity contribution in [2.75, 3.05) is 13.1 Å². The van der Waals surface area contributed by atoms with Crippen LogP contribution < -0.4 is 0 Å². The Hall–Kier alpha value is -0.790. The second-order valence-corrected chi connectivity index (χ2v) is 2.64.